The summed E-state index contributed by atoms with van der Waals surface area (Å²) in [5, 5.41) is 12.7. The lowest BCUT2D eigenvalue weighted by Crippen LogP contribution is -1.97. The van der Waals surface area contributed by atoms with Gasteiger partial charge in [0.15, 0.2) is 0 Å². The smallest absolute Gasteiger partial charge is 0.0885 e. The number of aliphatic hydroxyl groups is 1. The minimum Gasteiger partial charge on any atom is -0.388 e. The fourth-order valence-corrected chi connectivity index (χ4v) is 2.58. The molecule has 0 aliphatic rings. The normalized spacial score (nSPS) is 12.6. The minimum atomic E-state index is -0.362. The summed E-state index contributed by atoms with van der Waals surface area (Å²) in [6, 6.07) is 11.7. The maximum Gasteiger partial charge on any atom is 0.0885 e. The highest BCUT2D eigenvalue weighted by Gasteiger charge is 2.08. The van der Waals surface area contributed by atoms with Crippen LogP contribution in [0.25, 0.3) is 0 Å². The van der Waals surface area contributed by atoms with Gasteiger partial charge in [0.1, 0.15) is 0 Å². The highest BCUT2D eigenvalue weighted by molar-refractivity contribution is 7.10. The third kappa shape index (κ3) is 3.08. The predicted molar refractivity (Wildman–Crippen MR) is 69.1 cm³/mol. The van der Waals surface area contributed by atoms with Gasteiger partial charge in [-0.1, -0.05) is 29.8 Å². The molecule has 1 aromatic carbocycles. The van der Waals surface area contributed by atoms with Crippen molar-refractivity contribution in [2.24, 2.45) is 0 Å². The molecule has 0 saturated carbocycles. The molecular weight excluding hydrogens is 240 g/mol. The van der Waals surface area contributed by atoms with E-state index in [1.54, 1.807) is 11.3 Å². The van der Waals surface area contributed by atoms with E-state index < -0.39 is 0 Å². The van der Waals surface area contributed by atoms with Crippen LogP contribution < -0.4 is 0 Å². The van der Waals surface area contributed by atoms with Crippen molar-refractivity contribution < 1.29 is 5.11 Å². The van der Waals surface area contributed by atoms with E-state index in [4.69, 9.17) is 11.6 Å². The Morgan fingerprint density at radius 1 is 1.25 bits per heavy atom. The molecule has 2 aromatic rings. The maximum absolute atomic E-state index is 9.92. The molecule has 16 heavy (non-hydrogen) atoms. The number of thiophene rings is 1. The van der Waals surface area contributed by atoms with Gasteiger partial charge in [0, 0.05) is 9.90 Å². The summed E-state index contributed by atoms with van der Waals surface area (Å²) in [6.07, 6.45) is 1.22. The molecule has 0 radical (unpaired) electrons. The van der Waals surface area contributed by atoms with Crippen molar-refractivity contribution >= 4 is 22.9 Å². The Labute approximate surface area is 104 Å². The fourth-order valence-electron chi connectivity index (χ4n) is 1.62. The summed E-state index contributed by atoms with van der Waals surface area (Å²) < 4.78 is 0. The number of aliphatic hydroxyl groups excluding tert-OH is 1. The average Bonchev–Trinajstić information content (AvgIpc) is 2.79. The highest BCUT2D eigenvalue weighted by Crippen LogP contribution is 2.23. The van der Waals surface area contributed by atoms with Gasteiger partial charge >= 0.3 is 0 Å². The van der Waals surface area contributed by atoms with Crippen LogP contribution in [0.5, 0.6) is 0 Å². The minimum absolute atomic E-state index is 0.362. The van der Waals surface area contributed by atoms with Crippen LogP contribution in [-0.2, 0) is 6.42 Å². The van der Waals surface area contributed by atoms with Crippen molar-refractivity contribution in [2.45, 2.75) is 18.9 Å². The summed E-state index contributed by atoms with van der Waals surface area (Å²) >= 11 is 7.49. The summed E-state index contributed by atoms with van der Waals surface area (Å²) in [5.41, 5.74) is 1.17. The van der Waals surface area contributed by atoms with E-state index in [2.05, 4.69) is 0 Å². The van der Waals surface area contributed by atoms with Gasteiger partial charge in [-0.25, -0.2) is 0 Å². The molecule has 1 atom stereocenters. The molecule has 0 aliphatic heterocycles. The van der Waals surface area contributed by atoms with Crippen LogP contribution in [0.4, 0.5) is 0 Å². The zero-order valence-corrected chi connectivity index (χ0v) is 10.3. The molecule has 1 nitrogen and oxygen atoms in total. The van der Waals surface area contributed by atoms with Gasteiger partial charge < -0.3 is 5.11 Å². The van der Waals surface area contributed by atoms with E-state index in [9.17, 15) is 5.11 Å². The van der Waals surface area contributed by atoms with E-state index in [0.717, 1.165) is 22.7 Å². The van der Waals surface area contributed by atoms with Crippen molar-refractivity contribution in [2.75, 3.05) is 0 Å². The first-order valence-electron chi connectivity index (χ1n) is 5.21. The van der Waals surface area contributed by atoms with Crippen LogP contribution in [0, 0.1) is 0 Å². The molecule has 1 N–H and O–H groups in total. The first kappa shape index (κ1) is 11.6. The van der Waals surface area contributed by atoms with Gasteiger partial charge in [0.2, 0.25) is 0 Å². The number of halogens is 1. The average molecular weight is 253 g/mol. The molecule has 3 heteroatoms. The quantitative estimate of drug-likeness (QED) is 0.870. The molecule has 84 valence electrons. The monoisotopic (exact) mass is 252 g/mol. The number of hydrogen-bond acceptors (Lipinski definition) is 2. The number of hydrogen-bond donors (Lipinski definition) is 1. The Balaban J connectivity index is 1.92. The van der Waals surface area contributed by atoms with E-state index in [1.165, 1.54) is 5.56 Å². The largest absolute Gasteiger partial charge is 0.388 e. The van der Waals surface area contributed by atoms with E-state index >= 15 is 0 Å². The van der Waals surface area contributed by atoms with E-state index in [0.29, 0.717) is 0 Å². The van der Waals surface area contributed by atoms with Gasteiger partial charge in [-0.3, -0.25) is 0 Å². The van der Waals surface area contributed by atoms with Gasteiger partial charge in [-0.2, -0.15) is 0 Å². The summed E-state index contributed by atoms with van der Waals surface area (Å²) in [5.74, 6) is 0. The lowest BCUT2D eigenvalue weighted by molar-refractivity contribution is 0.171. The number of rotatable bonds is 4. The Morgan fingerprint density at radius 3 is 2.81 bits per heavy atom. The van der Waals surface area contributed by atoms with Gasteiger partial charge in [-0.15, -0.1) is 11.3 Å². The van der Waals surface area contributed by atoms with Gasteiger partial charge in [0.05, 0.1) is 6.10 Å². The zero-order valence-electron chi connectivity index (χ0n) is 8.77. The van der Waals surface area contributed by atoms with Crippen molar-refractivity contribution in [1.82, 2.24) is 0 Å². The second kappa shape index (κ2) is 5.48. The van der Waals surface area contributed by atoms with Crippen molar-refractivity contribution in [3.05, 3.63) is 57.2 Å². The first-order valence-corrected chi connectivity index (χ1v) is 6.47. The SMILES string of the molecule is O[C@H](CCc1cccc(Cl)c1)c1cccs1. The second-order valence-electron chi connectivity index (χ2n) is 3.70. The zero-order chi connectivity index (χ0) is 11.4. The summed E-state index contributed by atoms with van der Waals surface area (Å²) in [7, 11) is 0. The molecule has 0 spiro atoms. The fraction of sp³-hybridized carbons (Fsp3) is 0.231. The van der Waals surface area contributed by atoms with Crippen LogP contribution >= 0.6 is 22.9 Å². The number of aryl methyl sites for hydroxylation is 1. The van der Waals surface area contributed by atoms with Gasteiger partial charge in [-0.05, 0) is 42.0 Å². The molecule has 1 aromatic heterocycles. The molecular formula is C13H13ClOS. The Kier molecular flexibility index (Phi) is 3.99. The van der Waals surface area contributed by atoms with Crippen LogP contribution in [0.15, 0.2) is 41.8 Å². The third-order valence-corrected chi connectivity index (χ3v) is 3.68. The van der Waals surface area contributed by atoms with Crippen LogP contribution in [0.2, 0.25) is 5.02 Å². The Hall–Kier alpha value is -0.830. The molecule has 0 unspecified atom stereocenters. The van der Waals surface area contributed by atoms with E-state index in [-0.39, 0.29) is 6.10 Å². The molecule has 2 rings (SSSR count). The molecule has 0 aliphatic carbocycles. The molecule has 0 saturated heterocycles. The Bertz CT molecular complexity index is 439. The molecule has 1 heterocycles. The Morgan fingerprint density at radius 2 is 2.12 bits per heavy atom. The highest BCUT2D eigenvalue weighted by atomic mass is 35.5. The van der Waals surface area contributed by atoms with Gasteiger partial charge in [0.25, 0.3) is 0 Å². The summed E-state index contributed by atoms with van der Waals surface area (Å²) in [4.78, 5) is 1.03. The molecule has 0 bridgehead atoms. The first-order chi connectivity index (χ1) is 7.75. The van der Waals surface area contributed by atoms with Crippen molar-refractivity contribution in [3.8, 4) is 0 Å². The van der Waals surface area contributed by atoms with Crippen molar-refractivity contribution in [1.29, 1.82) is 0 Å². The van der Waals surface area contributed by atoms with Crippen LogP contribution in [-0.4, -0.2) is 5.11 Å². The van der Waals surface area contributed by atoms with E-state index in [1.807, 2.05) is 41.8 Å². The molecule has 0 fully saturated rings. The topological polar surface area (TPSA) is 20.2 Å². The van der Waals surface area contributed by atoms with Crippen LogP contribution in [0.1, 0.15) is 23.0 Å². The third-order valence-electron chi connectivity index (χ3n) is 2.47. The van der Waals surface area contributed by atoms with Crippen molar-refractivity contribution in [3.63, 3.8) is 0 Å². The summed E-state index contributed by atoms with van der Waals surface area (Å²) in [6.45, 7) is 0. The second-order valence-corrected chi connectivity index (χ2v) is 5.12. The molecule has 0 amide bonds. The number of benzene rings is 1. The standard InChI is InChI=1S/C13H13ClOS/c14-11-4-1-3-10(9-11)6-7-12(15)13-5-2-8-16-13/h1-5,8-9,12,15H,6-7H2/t12-/m1/s1. The van der Waals surface area contributed by atoms with Crippen LogP contribution in [0.3, 0.4) is 0 Å². The predicted octanol–water partition coefficient (Wildman–Crippen LogP) is 4.07. The lowest BCUT2D eigenvalue weighted by atomic mass is 10.1. The lowest BCUT2D eigenvalue weighted by Gasteiger charge is -2.08. The maximum atomic E-state index is 9.92.